The zero-order valence-electron chi connectivity index (χ0n) is 14.5. The standard InChI is InChI=1S/C19H22O6/c1-8-6-9(2)14(21)13-17-19(25-18(13)23)7-10(3)16(24-17)15(22)11(19)4-5-12(8)20/h4-5,8-11,15-16,22H,6-7H2,1-3H3/t8-,9+,10+,11?,15+,16+,19+/m0/s1. The van der Waals surface area contributed by atoms with Gasteiger partial charge in [0.15, 0.2) is 22.9 Å². The third kappa shape index (κ3) is 2.09. The van der Waals surface area contributed by atoms with E-state index in [9.17, 15) is 19.5 Å². The summed E-state index contributed by atoms with van der Waals surface area (Å²) in [5.74, 6) is -2.27. The van der Waals surface area contributed by atoms with Crippen LogP contribution in [0.1, 0.15) is 33.6 Å². The van der Waals surface area contributed by atoms with E-state index in [-0.39, 0.29) is 34.7 Å². The van der Waals surface area contributed by atoms with Crippen molar-refractivity contribution in [3.05, 3.63) is 23.5 Å². The number of ether oxygens (including phenoxy) is 2. The Balaban J connectivity index is 1.93. The Hall–Kier alpha value is -1.95. The SMILES string of the molecule is C[C@@H]1C[C@H](C)C(=O)C=CC2[C@@H](O)[C@@H]3OC4=C(C(=O)O[C@@]42C[C@H]3C)C1=O. The first-order valence-corrected chi connectivity index (χ1v) is 8.85. The van der Waals surface area contributed by atoms with Crippen molar-refractivity contribution in [3.8, 4) is 0 Å². The quantitative estimate of drug-likeness (QED) is 0.526. The maximum Gasteiger partial charge on any atom is 0.346 e. The van der Waals surface area contributed by atoms with Gasteiger partial charge in [0.25, 0.3) is 0 Å². The molecule has 6 nitrogen and oxygen atoms in total. The average molecular weight is 346 g/mol. The van der Waals surface area contributed by atoms with Gasteiger partial charge < -0.3 is 14.6 Å². The minimum Gasteiger partial charge on any atom is -0.486 e. The molecule has 0 aromatic heterocycles. The van der Waals surface area contributed by atoms with Crippen LogP contribution in [0.15, 0.2) is 23.5 Å². The summed E-state index contributed by atoms with van der Waals surface area (Å²) in [6, 6.07) is 0. The molecule has 1 unspecified atom stereocenters. The van der Waals surface area contributed by atoms with Crippen molar-refractivity contribution >= 4 is 17.5 Å². The fourth-order valence-corrected chi connectivity index (χ4v) is 4.79. The molecule has 0 radical (unpaired) electrons. The lowest BCUT2D eigenvalue weighted by atomic mass is 9.64. The average Bonchev–Trinajstić information content (AvgIpc) is 2.83. The largest absolute Gasteiger partial charge is 0.486 e. The van der Waals surface area contributed by atoms with E-state index in [1.807, 2.05) is 6.92 Å². The molecular weight excluding hydrogens is 324 g/mol. The highest BCUT2D eigenvalue weighted by Crippen LogP contribution is 2.56. The van der Waals surface area contributed by atoms with Crippen LogP contribution in [0.5, 0.6) is 0 Å². The van der Waals surface area contributed by atoms with Crippen LogP contribution in [-0.2, 0) is 23.9 Å². The highest BCUT2D eigenvalue weighted by atomic mass is 16.6. The topological polar surface area (TPSA) is 89.9 Å². The summed E-state index contributed by atoms with van der Waals surface area (Å²) in [6.45, 7) is 5.41. The number of aliphatic hydroxyl groups excluding tert-OH is 1. The highest BCUT2D eigenvalue weighted by Gasteiger charge is 2.67. The fraction of sp³-hybridized carbons (Fsp3) is 0.632. The molecule has 1 spiro atoms. The Labute approximate surface area is 145 Å². The van der Waals surface area contributed by atoms with Crippen LogP contribution < -0.4 is 0 Å². The molecule has 25 heavy (non-hydrogen) atoms. The smallest absolute Gasteiger partial charge is 0.346 e. The van der Waals surface area contributed by atoms with Gasteiger partial charge in [-0.3, -0.25) is 9.59 Å². The van der Waals surface area contributed by atoms with Crippen molar-refractivity contribution in [3.63, 3.8) is 0 Å². The van der Waals surface area contributed by atoms with Crippen molar-refractivity contribution in [1.82, 2.24) is 0 Å². The van der Waals surface area contributed by atoms with Gasteiger partial charge in [0.1, 0.15) is 17.8 Å². The Kier molecular flexibility index (Phi) is 3.48. The van der Waals surface area contributed by atoms with Crippen molar-refractivity contribution < 1.29 is 29.0 Å². The van der Waals surface area contributed by atoms with E-state index in [4.69, 9.17) is 9.47 Å². The molecule has 0 aromatic carbocycles. The van der Waals surface area contributed by atoms with Gasteiger partial charge in [0.05, 0.1) is 5.92 Å². The van der Waals surface area contributed by atoms with Gasteiger partial charge in [0, 0.05) is 18.3 Å². The lowest BCUT2D eigenvalue weighted by Gasteiger charge is -2.54. The molecule has 2 aliphatic carbocycles. The Morgan fingerprint density at radius 2 is 1.88 bits per heavy atom. The second kappa shape index (κ2) is 5.27. The maximum absolute atomic E-state index is 12.9. The summed E-state index contributed by atoms with van der Waals surface area (Å²) in [7, 11) is 0. The lowest BCUT2D eigenvalue weighted by molar-refractivity contribution is -0.220. The first-order chi connectivity index (χ1) is 11.8. The molecule has 3 heterocycles. The molecule has 0 amide bonds. The summed E-state index contributed by atoms with van der Waals surface area (Å²) < 4.78 is 11.6. The molecule has 7 atom stereocenters. The first-order valence-electron chi connectivity index (χ1n) is 8.85. The van der Waals surface area contributed by atoms with Gasteiger partial charge in [-0.2, -0.15) is 0 Å². The van der Waals surface area contributed by atoms with Crippen LogP contribution in [0.3, 0.4) is 0 Å². The van der Waals surface area contributed by atoms with Gasteiger partial charge in [-0.05, 0) is 18.4 Å². The molecule has 0 aromatic rings. The number of Topliss-reactive ketones (excluding diaryl/α,β-unsaturated/α-hetero) is 1. The Morgan fingerprint density at radius 1 is 1.16 bits per heavy atom. The third-order valence-electron chi connectivity index (χ3n) is 6.13. The number of carbonyl (C=O) groups excluding carboxylic acids is 3. The number of hydrogen-bond donors (Lipinski definition) is 1. The number of fused-ring (bicyclic) bond motifs is 1. The normalized spacial score (nSPS) is 46.0. The molecule has 6 heteroatoms. The van der Waals surface area contributed by atoms with Crippen LogP contribution >= 0.6 is 0 Å². The number of esters is 1. The Bertz CT molecular complexity index is 734. The minimum atomic E-state index is -1.18. The number of ketones is 2. The zero-order valence-corrected chi connectivity index (χ0v) is 14.5. The van der Waals surface area contributed by atoms with E-state index in [1.54, 1.807) is 19.9 Å². The third-order valence-corrected chi connectivity index (χ3v) is 6.13. The summed E-state index contributed by atoms with van der Waals surface area (Å²) in [5.41, 5.74) is -1.21. The molecular formula is C19H22O6. The van der Waals surface area contributed by atoms with Crippen LogP contribution in [0.25, 0.3) is 0 Å². The number of allylic oxidation sites excluding steroid dienone is 1. The molecule has 3 aliphatic heterocycles. The van der Waals surface area contributed by atoms with Crippen LogP contribution in [0.2, 0.25) is 0 Å². The highest BCUT2D eigenvalue weighted by molar-refractivity contribution is 6.20. The van der Waals surface area contributed by atoms with E-state index in [0.29, 0.717) is 12.8 Å². The number of hydrogen-bond acceptors (Lipinski definition) is 6. The van der Waals surface area contributed by atoms with Gasteiger partial charge in [0.2, 0.25) is 0 Å². The van der Waals surface area contributed by atoms with Crippen molar-refractivity contribution in [2.24, 2.45) is 23.7 Å². The maximum atomic E-state index is 12.9. The van der Waals surface area contributed by atoms with Gasteiger partial charge in [-0.25, -0.2) is 4.79 Å². The summed E-state index contributed by atoms with van der Waals surface area (Å²) in [5, 5.41) is 10.7. The van der Waals surface area contributed by atoms with E-state index < -0.39 is 35.6 Å². The summed E-state index contributed by atoms with van der Waals surface area (Å²) in [4.78, 5) is 37.8. The number of aliphatic hydroxyl groups is 1. The van der Waals surface area contributed by atoms with Crippen molar-refractivity contribution in [2.75, 3.05) is 0 Å². The predicted molar refractivity (Wildman–Crippen MR) is 86.1 cm³/mol. The lowest BCUT2D eigenvalue weighted by Crippen LogP contribution is -2.63. The molecule has 1 N–H and O–H groups in total. The summed E-state index contributed by atoms with van der Waals surface area (Å²) >= 11 is 0. The van der Waals surface area contributed by atoms with Crippen molar-refractivity contribution in [2.45, 2.75) is 51.4 Å². The van der Waals surface area contributed by atoms with Crippen LogP contribution in [0, 0.1) is 23.7 Å². The monoisotopic (exact) mass is 346 g/mol. The minimum absolute atomic E-state index is 0.0252. The van der Waals surface area contributed by atoms with E-state index in [1.165, 1.54) is 6.08 Å². The van der Waals surface area contributed by atoms with E-state index in [2.05, 4.69) is 0 Å². The second-order valence-corrected chi connectivity index (χ2v) is 7.93. The molecule has 2 saturated heterocycles. The van der Waals surface area contributed by atoms with Gasteiger partial charge in [-0.15, -0.1) is 0 Å². The molecule has 1 saturated carbocycles. The molecule has 134 valence electrons. The predicted octanol–water partition coefficient (Wildman–Crippen LogP) is 1.32. The van der Waals surface area contributed by atoms with E-state index in [0.717, 1.165) is 0 Å². The first kappa shape index (κ1) is 16.5. The summed E-state index contributed by atoms with van der Waals surface area (Å²) in [6.07, 6.45) is 2.51. The van der Waals surface area contributed by atoms with E-state index >= 15 is 0 Å². The van der Waals surface area contributed by atoms with Gasteiger partial charge in [-0.1, -0.05) is 26.8 Å². The van der Waals surface area contributed by atoms with Crippen LogP contribution in [0.4, 0.5) is 0 Å². The molecule has 3 fully saturated rings. The molecule has 5 rings (SSSR count). The van der Waals surface area contributed by atoms with Gasteiger partial charge >= 0.3 is 5.97 Å². The van der Waals surface area contributed by atoms with Crippen LogP contribution in [-0.4, -0.2) is 40.5 Å². The van der Waals surface area contributed by atoms with Crippen molar-refractivity contribution in [1.29, 1.82) is 0 Å². The number of rotatable bonds is 0. The number of carbonyl (C=O) groups is 3. The second-order valence-electron chi connectivity index (χ2n) is 7.93. The zero-order chi connectivity index (χ0) is 18.1. The Morgan fingerprint density at radius 3 is 2.60 bits per heavy atom. The fourth-order valence-electron chi connectivity index (χ4n) is 4.79. The molecule has 5 bridgehead atoms. The molecule has 5 aliphatic rings.